The van der Waals surface area contributed by atoms with E-state index in [4.69, 9.17) is 4.74 Å². The molecular formula is C16H27NO. The molecule has 1 atom stereocenters. The van der Waals surface area contributed by atoms with Crippen molar-refractivity contribution in [3.8, 4) is 5.75 Å². The summed E-state index contributed by atoms with van der Waals surface area (Å²) in [7, 11) is 0. The van der Waals surface area contributed by atoms with Crippen molar-refractivity contribution in [2.24, 2.45) is 5.92 Å². The van der Waals surface area contributed by atoms with Gasteiger partial charge in [0, 0.05) is 6.54 Å². The van der Waals surface area contributed by atoms with E-state index in [1.165, 1.54) is 12.0 Å². The van der Waals surface area contributed by atoms with Gasteiger partial charge >= 0.3 is 0 Å². The second-order valence-corrected chi connectivity index (χ2v) is 5.39. The molecule has 1 unspecified atom stereocenters. The number of nitrogens with one attached hydrogen (secondary N) is 1. The number of ether oxygens (including phenoxy) is 1. The van der Waals surface area contributed by atoms with E-state index in [0.29, 0.717) is 12.0 Å². The standard InChI is InChI=1S/C16H27NO/c1-5-6-14(4)18-16-9-7-15(8-10-16)12-17-11-13(2)3/h7-10,13-14,17H,5-6,11-12H2,1-4H3. The van der Waals surface area contributed by atoms with Crippen molar-refractivity contribution in [3.63, 3.8) is 0 Å². The minimum Gasteiger partial charge on any atom is -0.491 e. The lowest BCUT2D eigenvalue weighted by Gasteiger charge is -2.14. The average molecular weight is 249 g/mol. The van der Waals surface area contributed by atoms with Crippen LogP contribution < -0.4 is 10.1 Å². The Morgan fingerprint density at radius 3 is 2.33 bits per heavy atom. The van der Waals surface area contributed by atoms with E-state index in [2.05, 4.69) is 57.3 Å². The summed E-state index contributed by atoms with van der Waals surface area (Å²) < 4.78 is 5.83. The minimum atomic E-state index is 0.305. The summed E-state index contributed by atoms with van der Waals surface area (Å²) in [4.78, 5) is 0. The highest BCUT2D eigenvalue weighted by Gasteiger charge is 2.02. The number of rotatable bonds is 8. The third-order valence-corrected chi connectivity index (χ3v) is 2.84. The Bertz CT molecular complexity index is 318. The van der Waals surface area contributed by atoms with E-state index in [9.17, 15) is 0 Å². The highest BCUT2D eigenvalue weighted by Crippen LogP contribution is 2.15. The van der Waals surface area contributed by atoms with Gasteiger partial charge in [-0.2, -0.15) is 0 Å². The molecule has 0 heterocycles. The van der Waals surface area contributed by atoms with Gasteiger partial charge in [-0.3, -0.25) is 0 Å². The molecule has 1 aromatic carbocycles. The third kappa shape index (κ3) is 6.06. The molecule has 1 aromatic rings. The lowest BCUT2D eigenvalue weighted by Crippen LogP contribution is -2.18. The van der Waals surface area contributed by atoms with Gasteiger partial charge in [0.1, 0.15) is 5.75 Å². The molecule has 0 aromatic heterocycles. The zero-order valence-electron chi connectivity index (χ0n) is 12.2. The first kappa shape index (κ1) is 15.0. The molecule has 2 heteroatoms. The fourth-order valence-electron chi connectivity index (χ4n) is 1.89. The van der Waals surface area contributed by atoms with Crippen LogP contribution in [0.5, 0.6) is 5.75 Å². The van der Waals surface area contributed by atoms with Gasteiger partial charge in [0.05, 0.1) is 6.10 Å². The van der Waals surface area contributed by atoms with Crippen LogP contribution in [-0.2, 0) is 6.54 Å². The van der Waals surface area contributed by atoms with E-state index in [-0.39, 0.29) is 0 Å². The maximum absolute atomic E-state index is 5.83. The maximum Gasteiger partial charge on any atom is 0.119 e. The molecule has 2 nitrogen and oxygen atoms in total. The normalized spacial score (nSPS) is 12.7. The summed E-state index contributed by atoms with van der Waals surface area (Å²) in [6.07, 6.45) is 2.58. The molecule has 0 fully saturated rings. The van der Waals surface area contributed by atoms with Gasteiger partial charge in [-0.1, -0.05) is 39.3 Å². The van der Waals surface area contributed by atoms with Crippen molar-refractivity contribution in [1.82, 2.24) is 5.32 Å². The predicted octanol–water partition coefficient (Wildman–Crippen LogP) is 4.00. The first-order chi connectivity index (χ1) is 8.61. The van der Waals surface area contributed by atoms with Crippen LogP contribution >= 0.6 is 0 Å². The van der Waals surface area contributed by atoms with Gasteiger partial charge < -0.3 is 10.1 Å². The Balaban J connectivity index is 2.37. The van der Waals surface area contributed by atoms with Crippen LogP contribution in [0.25, 0.3) is 0 Å². The summed E-state index contributed by atoms with van der Waals surface area (Å²) in [6.45, 7) is 10.7. The largest absolute Gasteiger partial charge is 0.491 e. The first-order valence-electron chi connectivity index (χ1n) is 7.08. The van der Waals surface area contributed by atoms with Crippen LogP contribution in [0.1, 0.15) is 46.1 Å². The number of hydrogen-bond donors (Lipinski definition) is 1. The summed E-state index contributed by atoms with van der Waals surface area (Å²) in [5.41, 5.74) is 1.31. The van der Waals surface area contributed by atoms with Gasteiger partial charge in [0.25, 0.3) is 0 Å². The lowest BCUT2D eigenvalue weighted by atomic mass is 10.2. The second-order valence-electron chi connectivity index (χ2n) is 5.39. The number of hydrogen-bond acceptors (Lipinski definition) is 2. The SMILES string of the molecule is CCCC(C)Oc1ccc(CNCC(C)C)cc1. The smallest absolute Gasteiger partial charge is 0.119 e. The zero-order valence-corrected chi connectivity index (χ0v) is 12.2. The molecule has 0 aliphatic carbocycles. The molecule has 0 spiro atoms. The van der Waals surface area contributed by atoms with Gasteiger partial charge in [-0.05, 0) is 43.5 Å². The van der Waals surface area contributed by atoms with Crippen molar-refractivity contribution < 1.29 is 4.74 Å². The molecule has 1 rings (SSSR count). The summed E-state index contributed by atoms with van der Waals surface area (Å²) >= 11 is 0. The van der Waals surface area contributed by atoms with Crippen molar-refractivity contribution >= 4 is 0 Å². The van der Waals surface area contributed by atoms with Crippen LogP contribution in [0.3, 0.4) is 0 Å². The maximum atomic E-state index is 5.83. The molecule has 18 heavy (non-hydrogen) atoms. The van der Waals surface area contributed by atoms with Gasteiger partial charge in [-0.15, -0.1) is 0 Å². The molecule has 0 bridgehead atoms. The Morgan fingerprint density at radius 2 is 1.78 bits per heavy atom. The Hall–Kier alpha value is -1.02. The Labute approximate surface area is 112 Å². The van der Waals surface area contributed by atoms with Crippen LogP contribution in [0, 0.1) is 5.92 Å². The van der Waals surface area contributed by atoms with Crippen molar-refractivity contribution in [1.29, 1.82) is 0 Å². The van der Waals surface area contributed by atoms with E-state index in [0.717, 1.165) is 25.3 Å². The molecule has 0 aliphatic heterocycles. The van der Waals surface area contributed by atoms with E-state index >= 15 is 0 Å². The fourth-order valence-corrected chi connectivity index (χ4v) is 1.89. The summed E-state index contributed by atoms with van der Waals surface area (Å²) in [5.74, 6) is 1.67. The highest BCUT2D eigenvalue weighted by molar-refractivity contribution is 5.27. The number of benzene rings is 1. The molecular weight excluding hydrogens is 222 g/mol. The molecule has 0 saturated carbocycles. The topological polar surface area (TPSA) is 21.3 Å². The van der Waals surface area contributed by atoms with Crippen LogP contribution in [0.15, 0.2) is 24.3 Å². The van der Waals surface area contributed by atoms with Crippen LogP contribution in [-0.4, -0.2) is 12.6 Å². The van der Waals surface area contributed by atoms with Gasteiger partial charge in [0.2, 0.25) is 0 Å². The van der Waals surface area contributed by atoms with Crippen molar-refractivity contribution in [3.05, 3.63) is 29.8 Å². The van der Waals surface area contributed by atoms with Crippen molar-refractivity contribution in [2.75, 3.05) is 6.54 Å². The van der Waals surface area contributed by atoms with E-state index in [1.807, 2.05) is 0 Å². The van der Waals surface area contributed by atoms with Crippen LogP contribution in [0.2, 0.25) is 0 Å². The van der Waals surface area contributed by atoms with E-state index in [1.54, 1.807) is 0 Å². The summed E-state index contributed by atoms with van der Waals surface area (Å²) in [5, 5.41) is 3.44. The molecule has 0 amide bonds. The zero-order chi connectivity index (χ0) is 13.4. The first-order valence-corrected chi connectivity index (χ1v) is 7.08. The Kier molecular flexibility index (Phi) is 6.81. The van der Waals surface area contributed by atoms with Crippen LogP contribution in [0.4, 0.5) is 0 Å². The minimum absolute atomic E-state index is 0.305. The van der Waals surface area contributed by atoms with Gasteiger partial charge in [-0.25, -0.2) is 0 Å². The molecule has 1 N–H and O–H groups in total. The third-order valence-electron chi connectivity index (χ3n) is 2.84. The monoisotopic (exact) mass is 249 g/mol. The molecule has 0 radical (unpaired) electrons. The molecule has 0 saturated heterocycles. The molecule has 0 aliphatic rings. The lowest BCUT2D eigenvalue weighted by molar-refractivity contribution is 0.210. The summed E-state index contributed by atoms with van der Waals surface area (Å²) in [6, 6.07) is 8.42. The van der Waals surface area contributed by atoms with Gasteiger partial charge in [0.15, 0.2) is 0 Å². The molecule has 102 valence electrons. The predicted molar refractivity (Wildman–Crippen MR) is 78.0 cm³/mol. The quantitative estimate of drug-likeness (QED) is 0.752. The van der Waals surface area contributed by atoms with Crippen molar-refractivity contribution in [2.45, 2.75) is 53.2 Å². The average Bonchev–Trinajstić information content (AvgIpc) is 2.31. The second kappa shape index (κ2) is 8.15. The van der Waals surface area contributed by atoms with E-state index < -0.39 is 0 Å². The Morgan fingerprint density at radius 1 is 1.11 bits per heavy atom. The fraction of sp³-hybridized carbons (Fsp3) is 0.625. The highest BCUT2D eigenvalue weighted by atomic mass is 16.5.